The first-order valence-corrected chi connectivity index (χ1v) is 7.69. The Morgan fingerprint density at radius 2 is 2.04 bits per heavy atom. The predicted molar refractivity (Wildman–Crippen MR) is 91.7 cm³/mol. The SMILES string of the molecule is Cc1ccc2nccc(NCCc3nnc4ccccn34)c2c1. The number of fused-ring (bicyclic) bond motifs is 2. The fourth-order valence-corrected chi connectivity index (χ4v) is 2.78. The summed E-state index contributed by atoms with van der Waals surface area (Å²) in [6.07, 6.45) is 4.64. The Morgan fingerprint density at radius 3 is 3.00 bits per heavy atom. The van der Waals surface area contributed by atoms with Crippen molar-refractivity contribution in [3.8, 4) is 0 Å². The first-order chi connectivity index (χ1) is 11.3. The van der Waals surface area contributed by atoms with Crippen molar-refractivity contribution < 1.29 is 0 Å². The quantitative estimate of drug-likeness (QED) is 0.629. The van der Waals surface area contributed by atoms with E-state index in [0.717, 1.165) is 41.0 Å². The van der Waals surface area contributed by atoms with Crippen molar-refractivity contribution in [2.75, 3.05) is 11.9 Å². The molecule has 3 aromatic heterocycles. The molecule has 5 nitrogen and oxygen atoms in total. The Bertz CT molecular complexity index is 973. The van der Waals surface area contributed by atoms with E-state index in [4.69, 9.17) is 0 Å². The molecule has 0 radical (unpaired) electrons. The Balaban J connectivity index is 1.54. The molecule has 4 rings (SSSR count). The molecule has 0 bridgehead atoms. The van der Waals surface area contributed by atoms with Gasteiger partial charge in [0.2, 0.25) is 0 Å². The molecule has 4 aromatic rings. The Morgan fingerprint density at radius 1 is 1.09 bits per heavy atom. The van der Waals surface area contributed by atoms with Gasteiger partial charge in [-0.05, 0) is 37.3 Å². The zero-order valence-electron chi connectivity index (χ0n) is 12.9. The second-order valence-corrected chi connectivity index (χ2v) is 5.60. The molecule has 0 atom stereocenters. The zero-order valence-corrected chi connectivity index (χ0v) is 12.9. The summed E-state index contributed by atoms with van der Waals surface area (Å²) in [5.41, 5.74) is 4.23. The van der Waals surface area contributed by atoms with Crippen LogP contribution in [0.2, 0.25) is 0 Å². The first kappa shape index (κ1) is 13.7. The van der Waals surface area contributed by atoms with Crippen LogP contribution in [-0.4, -0.2) is 26.1 Å². The van der Waals surface area contributed by atoms with Gasteiger partial charge in [-0.2, -0.15) is 0 Å². The minimum Gasteiger partial charge on any atom is -0.384 e. The van der Waals surface area contributed by atoms with E-state index in [1.165, 1.54) is 5.56 Å². The van der Waals surface area contributed by atoms with Crippen molar-refractivity contribution in [2.45, 2.75) is 13.3 Å². The number of rotatable bonds is 4. The van der Waals surface area contributed by atoms with Crippen molar-refractivity contribution in [3.63, 3.8) is 0 Å². The molecule has 114 valence electrons. The number of aromatic nitrogens is 4. The average molecular weight is 303 g/mol. The summed E-state index contributed by atoms with van der Waals surface area (Å²) in [6, 6.07) is 14.2. The minimum absolute atomic E-state index is 0.794. The van der Waals surface area contributed by atoms with E-state index < -0.39 is 0 Å². The molecule has 0 aliphatic carbocycles. The summed E-state index contributed by atoms with van der Waals surface area (Å²) in [5.74, 6) is 0.961. The third kappa shape index (κ3) is 2.61. The molecule has 5 heteroatoms. The Kier molecular flexibility index (Phi) is 3.38. The van der Waals surface area contributed by atoms with E-state index in [1.54, 1.807) is 0 Å². The molecular formula is C18H17N5. The molecule has 0 aliphatic heterocycles. The molecule has 0 aliphatic rings. The Labute approximate surface area is 134 Å². The number of pyridine rings is 2. The van der Waals surface area contributed by atoms with Gasteiger partial charge in [-0.15, -0.1) is 10.2 Å². The van der Waals surface area contributed by atoms with Gasteiger partial charge in [-0.3, -0.25) is 9.38 Å². The van der Waals surface area contributed by atoms with Crippen molar-refractivity contribution in [1.29, 1.82) is 0 Å². The second-order valence-electron chi connectivity index (χ2n) is 5.60. The van der Waals surface area contributed by atoms with Crippen LogP contribution in [0.25, 0.3) is 16.6 Å². The van der Waals surface area contributed by atoms with Crippen LogP contribution in [0.1, 0.15) is 11.4 Å². The molecule has 0 saturated heterocycles. The summed E-state index contributed by atoms with van der Waals surface area (Å²) in [7, 11) is 0. The topological polar surface area (TPSA) is 55.1 Å². The molecule has 23 heavy (non-hydrogen) atoms. The summed E-state index contributed by atoms with van der Waals surface area (Å²) < 4.78 is 2.02. The molecule has 0 spiro atoms. The van der Waals surface area contributed by atoms with Gasteiger partial charge in [0.1, 0.15) is 5.82 Å². The highest BCUT2D eigenvalue weighted by Gasteiger charge is 2.05. The first-order valence-electron chi connectivity index (χ1n) is 7.69. The van der Waals surface area contributed by atoms with E-state index in [0.29, 0.717) is 0 Å². The van der Waals surface area contributed by atoms with Crippen LogP contribution < -0.4 is 5.32 Å². The fraction of sp³-hybridized carbons (Fsp3) is 0.167. The lowest BCUT2D eigenvalue weighted by molar-refractivity contribution is 0.871. The number of anilines is 1. The van der Waals surface area contributed by atoms with E-state index in [-0.39, 0.29) is 0 Å². The van der Waals surface area contributed by atoms with Gasteiger partial charge < -0.3 is 5.32 Å². The van der Waals surface area contributed by atoms with Crippen molar-refractivity contribution in [1.82, 2.24) is 19.6 Å². The predicted octanol–water partition coefficient (Wildman–Crippen LogP) is 3.24. The van der Waals surface area contributed by atoms with Gasteiger partial charge in [-0.1, -0.05) is 17.7 Å². The van der Waals surface area contributed by atoms with Gasteiger partial charge in [0.15, 0.2) is 5.65 Å². The summed E-state index contributed by atoms with van der Waals surface area (Å²) in [6.45, 7) is 2.89. The van der Waals surface area contributed by atoms with Crippen LogP contribution in [0.5, 0.6) is 0 Å². The van der Waals surface area contributed by atoms with Gasteiger partial charge in [-0.25, -0.2) is 0 Å². The maximum Gasteiger partial charge on any atom is 0.160 e. The lowest BCUT2D eigenvalue weighted by Crippen LogP contribution is -2.08. The largest absolute Gasteiger partial charge is 0.384 e. The number of benzene rings is 1. The normalized spacial score (nSPS) is 11.2. The van der Waals surface area contributed by atoms with Crippen molar-refractivity contribution in [2.24, 2.45) is 0 Å². The van der Waals surface area contributed by atoms with Crippen molar-refractivity contribution in [3.05, 3.63) is 66.2 Å². The smallest absolute Gasteiger partial charge is 0.160 e. The summed E-state index contributed by atoms with van der Waals surface area (Å²) in [4.78, 5) is 4.42. The molecule has 0 fully saturated rings. The molecule has 1 aromatic carbocycles. The monoisotopic (exact) mass is 303 g/mol. The lowest BCUT2D eigenvalue weighted by Gasteiger charge is -2.09. The maximum atomic E-state index is 4.42. The third-order valence-corrected chi connectivity index (χ3v) is 3.95. The molecular weight excluding hydrogens is 286 g/mol. The maximum absolute atomic E-state index is 4.42. The summed E-state index contributed by atoms with van der Waals surface area (Å²) >= 11 is 0. The van der Waals surface area contributed by atoms with Gasteiger partial charge >= 0.3 is 0 Å². The van der Waals surface area contributed by atoms with E-state index in [1.807, 2.05) is 41.1 Å². The number of nitrogens with one attached hydrogen (secondary N) is 1. The number of aryl methyl sites for hydroxylation is 1. The Hall–Kier alpha value is -2.95. The second kappa shape index (κ2) is 5.68. The third-order valence-electron chi connectivity index (χ3n) is 3.95. The standard InChI is InChI=1S/C18H17N5/c1-13-5-6-15-14(12-13)16(7-9-19-15)20-10-8-18-22-21-17-4-2-3-11-23(17)18/h2-7,9,11-12H,8,10H2,1H3,(H,19,20). The molecule has 3 heterocycles. The zero-order chi connectivity index (χ0) is 15.6. The molecule has 0 unspecified atom stereocenters. The summed E-state index contributed by atoms with van der Waals surface area (Å²) in [5, 5.41) is 13.1. The van der Waals surface area contributed by atoms with Crippen LogP contribution >= 0.6 is 0 Å². The van der Waals surface area contributed by atoms with Gasteiger partial charge in [0.05, 0.1) is 5.52 Å². The van der Waals surface area contributed by atoms with E-state index in [2.05, 4.69) is 45.6 Å². The highest BCUT2D eigenvalue weighted by Crippen LogP contribution is 2.22. The fourth-order valence-electron chi connectivity index (χ4n) is 2.78. The minimum atomic E-state index is 0.794. The molecule has 0 amide bonds. The van der Waals surface area contributed by atoms with Crippen LogP contribution in [0.4, 0.5) is 5.69 Å². The lowest BCUT2D eigenvalue weighted by atomic mass is 10.1. The van der Waals surface area contributed by atoms with Gasteiger partial charge in [0, 0.05) is 36.4 Å². The van der Waals surface area contributed by atoms with Crippen LogP contribution in [0.15, 0.2) is 54.9 Å². The molecule has 0 saturated carbocycles. The highest BCUT2D eigenvalue weighted by atomic mass is 15.2. The number of nitrogens with zero attached hydrogens (tertiary/aromatic N) is 4. The van der Waals surface area contributed by atoms with Crippen LogP contribution in [-0.2, 0) is 6.42 Å². The highest BCUT2D eigenvalue weighted by molar-refractivity contribution is 5.91. The van der Waals surface area contributed by atoms with Crippen molar-refractivity contribution >= 4 is 22.2 Å². The van der Waals surface area contributed by atoms with E-state index in [9.17, 15) is 0 Å². The van der Waals surface area contributed by atoms with E-state index >= 15 is 0 Å². The van der Waals surface area contributed by atoms with Crippen LogP contribution in [0, 0.1) is 6.92 Å². The number of hydrogen-bond donors (Lipinski definition) is 1. The molecule has 1 N–H and O–H groups in total. The number of hydrogen-bond acceptors (Lipinski definition) is 4. The average Bonchev–Trinajstić information content (AvgIpc) is 2.99. The van der Waals surface area contributed by atoms with Gasteiger partial charge in [0.25, 0.3) is 0 Å². The van der Waals surface area contributed by atoms with Crippen LogP contribution in [0.3, 0.4) is 0 Å².